The van der Waals surface area contributed by atoms with Crippen molar-refractivity contribution in [3.63, 3.8) is 0 Å². The summed E-state index contributed by atoms with van der Waals surface area (Å²) in [6, 6.07) is 14.4. The average Bonchev–Trinajstić information content (AvgIpc) is 2.95. The van der Waals surface area contributed by atoms with Gasteiger partial charge in [0.25, 0.3) is 0 Å². The first kappa shape index (κ1) is 17.3. The van der Waals surface area contributed by atoms with Crippen molar-refractivity contribution in [2.75, 3.05) is 12.8 Å². The molecule has 0 spiro atoms. The molecule has 0 aliphatic rings. The van der Waals surface area contributed by atoms with Crippen LogP contribution in [0.25, 0.3) is 11.1 Å². The molecule has 3 rings (SSSR count). The Kier molecular flexibility index (Phi) is 5.25. The van der Waals surface area contributed by atoms with Gasteiger partial charge in [0.05, 0.1) is 11.6 Å². The summed E-state index contributed by atoms with van der Waals surface area (Å²) in [6.07, 6.45) is 1.17. The van der Waals surface area contributed by atoms with Gasteiger partial charge in [0.15, 0.2) is 5.58 Å². The molecule has 1 atom stereocenters. The number of oxazole rings is 1. The number of thioether (sulfide) groups is 1. The molecule has 0 aliphatic carbocycles. The second-order valence-electron chi connectivity index (χ2n) is 5.51. The molecule has 0 aliphatic heterocycles. The topological polar surface area (TPSA) is 84.5 Å². The molecule has 25 heavy (non-hydrogen) atoms. The summed E-state index contributed by atoms with van der Waals surface area (Å²) >= 11 is 1.62. The summed E-state index contributed by atoms with van der Waals surface area (Å²) in [5.41, 5.74) is 1.73. The Balaban J connectivity index is 1.62. The van der Waals surface area contributed by atoms with Gasteiger partial charge < -0.3 is 14.8 Å². The number of amides is 1. The minimum atomic E-state index is -0.808. The van der Waals surface area contributed by atoms with E-state index in [0.29, 0.717) is 11.1 Å². The normalized spacial score (nSPS) is 12.2. The van der Waals surface area contributed by atoms with Gasteiger partial charge in [-0.15, -0.1) is 11.8 Å². The lowest BCUT2D eigenvalue weighted by molar-refractivity contribution is -0.122. The predicted molar refractivity (Wildman–Crippen MR) is 96.7 cm³/mol. The number of aliphatic hydroxyl groups is 1. The molecule has 1 amide bonds. The van der Waals surface area contributed by atoms with E-state index in [-0.39, 0.29) is 19.0 Å². The number of carbonyl (C=O) groups excluding carboxylic acids is 1. The summed E-state index contributed by atoms with van der Waals surface area (Å²) in [5, 5.41) is 12.8. The Morgan fingerprint density at radius 2 is 1.96 bits per heavy atom. The van der Waals surface area contributed by atoms with E-state index in [0.717, 1.165) is 10.5 Å². The van der Waals surface area contributed by atoms with Crippen LogP contribution in [0.3, 0.4) is 0 Å². The zero-order valence-corrected chi connectivity index (χ0v) is 14.5. The summed E-state index contributed by atoms with van der Waals surface area (Å²) in [5.74, 6) is -0.946. The van der Waals surface area contributed by atoms with Crippen LogP contribution in [0.1, 0.15) is 11.7 Å². The minimum absolute atomic E-state index is 0.0714. The molecule has 0 saturated heterocycles. The van der Waals surface area contributed by atoms with Crippen molar-refractivity contribution in [2.45, 2.75) is 17.5 Å². The Morgan fingerprint density at radius 3 is 2.68 bits per heavy atom. The van der Waals surface area contributed by atoms with Crippen LogP contribution in [0, 0.1) is 0 Å². The van der Waals surface area contributed by atoms with Crippen molar-refractivity contribution >= 4 is 28.8 Å². The van der Waals surface area contributed by atoms with Crippen molar-refractivity contribution in [1.82, 2.24) is 9.88 Å². The van der Waals surface area contributed by atoms with Gasteiger partial charge in [0.1, 0.15) is 6.54 Å². The van der Waals surface area contributed by atoms with E-state index in [4.69, 9.17) is 4.42 Å². The molecular weight excluding hydrogens is 340 g/mol. The molecule has 1 heterocycles. The fraction of sp³-hybridized carbons (Fsp3) is 0.222. The second kappa shape index (κ2) is 7.58. The number of fused-ring (bicyclic) bond motifs is 1. The van der Waals surface area contributed by atoms with Crippen LogP contribution >= 0.6 is 11.8 Å². The monoisotopic (exact) mass is 358 g/mol. The molecular formula is C18H18N2O4S. The Morgan fingerprint density at radius 1 is 1.24 bits per heavy atom. The summed E-state index contributed by atoms with van der Waals surface area (Å²) in [4.78, 5) is 25.1. The van der Waals surface area contributed by atoms with Gasteiger partial charge in [-0.3, -0.25) is 9.36 Å². The summed E-state index contributed by atoms with van der Waals surface area (Å²) in [7, 11) is 0. The number of nitrogens with one attached hydrogen (secondary N) is 1. The number of hydrogen-bond acceptors (Lipinski definition) is 5. The first-order valence-electron chi connectivity index (χ1n) is 7.75. The first-order valence-corrected chi connectivity index (χ1v) is 8.98. The molecule has 0 saturated carbocycles. The average molecular weight is 358 g/mol. The van der Waals surface area contributed by atoms with E-state index in [1.165, 1.54) is 4.57 Å². The quantitative estimate of drug-likeness (QED) is 0.660. The highest BCUT2D eigenvalue weighted by molar-refractivity contribution is 7.98. The number of para-hydroxylation sites is 2. The fourth-order valence-electron chi connectivity index (χ4n) is 2.52. The molecule has 6 nitrogen and oxygen atoms in total. The van der Waals surface area contributed by atoms with Gasteiger partial charge in [-0.2, -0.15) is 0 Å². The highest BCUT2D eigenvalue weighted by atomic mass is 32.2. The van der Waals surface area contributed by atoms with Crippen LogP contribution in [0.15, 0.2) is 62.6 Å². The SMILES string of the molecule is CSc1ccc(C(O)CNC(=O)Cn2c(=O)oc3ccccc32)cc1. The molecule has 0 bridgehead atoms. The smallest absolute Gasteiger partial charge is 0.408 e. The van der Waals surface area contributed by atoms with Gasteiger partial charge in [-0.25, -0.2) is 4.79 Å². The lowest BCUT2D eigenvalue weighted by Gasteiger charge is -2.13. The van der Waals surface area contributed by atoms with E-state index in [9.17, 15) is 14.7 Å². The Bertz CT molecular complexity index is 930. The van der Waals surface area contributed by atoms with Gasteiger partial charge in [0, 0.05) is 11.4 Å². The maximum Gasteiger partial charge on any atom is 0.420 e. The highest BCUT2D eigenvalue weighted by Gasteiger charge is 2.14. The van der Waals surface area contributed by atoms with Crippen LogP contribution in [-0.4, -0.2) is 28.4 Å². The minimum Gasteiger partial charge on any atom is -0.408 e. The third-order valence-corrected chi connectivity index (χ3v) is 4.61. The van der Waals surface area contributed by atoms with E-state index >= 15 is 0 Å². The number of carbonyl (C=O) groups is 1. The summed E-state index contributed by atoms with van der Waals surface area (Å²) in [6.45, 7) is -0.0873. The van der Waals surface area contributed by atoms with Gasteiger partial charge in [-0.05, 0) is 36.1 Å². The molecule has 2 aromatic carbocycles. The molecule has 0 radical (unpaired) electrons. The number of aromatic nitrogens is 1. The maximum atomic E-state index is 12.1. The van der Waals surface area contributed by atoms with Crippen molar-refractivity contribution in [3.8, 4) is 0 Å². The molecule has 3 aromatic rings. The number of benzene rings is 2. The van der Waals surface area contributed by atoms with Gasteiger partial charge in [0.2, 0.25) is 5.91 Å². The van der Waals surface area contributed by atoms with Crippen molar-refractivity contribution in [1.29, 1.82) is 0 Å². The van der Waals surface area contributed by atoms with Crippen molar-refractivity contribution in [3.05, 3.63) is 64.6 Å². The van der Waals surface area contributed by atoms with Crippen LogP contribution in [0.2, 0.25) is 0 Å². The second-order valence-corrected chi connectivity index (χ2v) is 6.39. The predicted octanol–water partition coefficient (Wildman–Crippen LogP) is 2.17. The Hall–Kier alpha value is -2.51. The number of aliphatic hydroxyl groups excluding tert-OH is 1. The lowest BCUT2D eigenvalue weighted by atomic mass is 10.1. The van der Waals surface area contributed by atoms with E-state index in [2.05, 4.69) is 5.32 Å². The first-order chi connectivity index (χ1) is 12.1. The zero-order chi connectivity index (χ0) is 17.8. The van der Waals surface area contributed by atoms with Gasteiger partial charge >= 0.3 is 5.76 Å². The Labute approximate surface area is 148 Å². The van der Waals surface area contributed by atoms with E-state index < -0.39 is 11.9 Å². The van der Waals surface area contributed by atoms with E-state index in [1.54, 1.807) is 36.0 Å². The largest absolute Gasteiger partial charge is 0.420 e. The van der Waals surface area contributed by atoms with Crippen molar-refractivity contribution < 1.29 is 14.3 Å². The summed E-state index contributed by atoms with van der Waals surface area (Å²) < 4.78 is 6.36. The molecule has 130 valence electrons. The van der Waals surface area contributed by atoms with Crippen LogP contribution in [0.4, 0.5) is 0 Å². The number of nitrogens with zero attached hydrogens (tertiary/aromatic N) is 1. The molecule has 0 fully saturated rings. The van der Waals surface area contributed by atoms with Crippen LogP contribution in [0.5, 0.6) is 0 Å². The molecule has 7 heteroatoms. The van der Waals surface area contributed by atoms with Crippen LogP contribution in [-0.2, 0) is 11.3 Å². The van der Waals surface area contributed by atoms with Crippen molar-refractivity contribution in [2.24, 2.45) is 0 Å². The van der Waals surface area contributed by atoms with Crippen LogP contribution < -0.4 is 11.1 Å². The highest BCUT2D eigenvalue weighted by Crippen LogP contribution is 2.18. The third kappa shape index (κ3) is 3.94. The lowest BCUT2D eigenvalue weighted by Crippen LogP contribution is -2.33. The number of hydrogen-bond donors (Lipinski definition) is 2. The maximum absolute atomic E-state index is 12.1. The van der Waals surface area contributed by atoms with Gasteiger partial charge in [-0.1, -0.05) is 24.3 Å². The number of rotatable bonds is 6. The molecule has 1 aromatic heterocycles. The zero-order valence-electron chi connectivity index (χ0n) is 13.6. The standard InChI is InChI=1S/C18H18N2O4S/c1-25-13-8-6-12(7-9-13)15(21)10-19-17(22)11-20-14-4-2-3-5-16(14)24-18(20)23/h2-9,15,21H,10-11H2,1H3,(H,19,22). The molecule has 1 unspecified atom stereocenters. The fourth-order valence-corrected chi connectivity index (χ4v) is 2.93. The van der Waals surface area contributed by atoms with E-state index in [1.807, 2.05) is 30.5 Å². The molecule has 2 N–H and O–H groups in total. The third-order valence-electron chi connectivity index (χ3n) is 3.87.